The van der Waals surface area contributed by atoms with Crippen molar-refractivity contribution in [3.05, 3.63) is 0 Å². The topological polar surface area (TPSA) is 32.6 Å². The van der Waals surface area contributed by atoms with Crippen LogP contribution in [0.2, 0.25) is 0 Å². The normalized spacial score (nSPS) is 12.5. The lowest BCUT2D eigenvalue weighted by molar-refractivity contribution is 0.312. The molecule has 11 heavy (non-hydrogen) atoms. The molecule has 66 valence electrons. The third-order valence-corrected chi connectivity index (χ3v) is 2.02. The average Bonchev–Trinajstić information content (AvgIpc) is 2.03. The molecule has 0 amide bonds. The fourth-order valence-corrected chi connectivity index (χ4v) is 1.34. The van der Waals surface area contributed by atoms with Crippen LogP contribution in [-0.4, -0.2) is 10.9 Å². The first-order valence-electron chi connectivity index (χ1n) is 4.44. The maximum absolute atomic E-state index is 8.55. The summed E-state index contributed by atoms with van der Waals surface area (Å²) in [4.78, 5) is 0. The molecule has 0 rings (SSSR count). The molecule has 0 heterocycles. The monoisotopic (exact) mass is 157 g/mol. The molecule has 0 saturated carbocycles. The van der Waals surface area contributed by atoms with E-state index in [0.29, 0.717) is 5.92 Å². The van der Waals surface area contributed by atoms with Gasteiger partial charge in [0.2, 0.25) is 0 Å². The molecule has 0 radical (unpaired) electrons. The molecule has 0 saturated heterocycles. The van der Waals surface area contributed by atoms with Crippen LogP contribution in [0.4, 0.5) is 0 Å². The van der Waals surface area contributed by atoms with Gasteiger partial charge in [0.25, 0.3) is 0 Å². The fourth-order valence-electron chi connectivity index (χ4n) is 1.34. The van der Waals surface area contributed by atoms with Crippen LogP contribution in [0.15, 0.2) is 5.16 Å². The molecule has 0 fully saturated rings. The van der Waals surface area contributed by atoms with Crippen molar-refractivity contribution in [2.45, 2.75) is 46.5 Å². The highest BCUT2D eigenvalue weighted by Crippen LogP contribution is 2.14. The molecule has 0 spiro atoms. The van der Waals surface area contributed by atoms with Crippen molar-refractivity contribution in [1.29, 1.82) is 0 Å². The molecule has 0 aliphatic rings. The van der Waals surface area contributed by atoms with E-state index in [2.05, 4.69) is 19.0 Å². The zero-order chi connectivity index (χ0) is 8.69. The second-order valence-electron chi connectivity index (χ2n) is 3.02. The Morgan fingerprint density at radius 1 is 1.27 bits per heavy atom. The lowest BCUT2D eigenvalue weighted by Crippen LogP contribution is -2.10. The minimum atomic E-state index is 0.495. The molecule has 0 aromatic heterocycles. The first kappa shape index (κ1) is 10.5. The highest BCUT2D eigenvalue weighted by molar-refractivity contribution is 5.83. The fraction of sp³-hybridized carbons (Fsp3) is 0.889. The van der Waals surface area contributed by atoms with Gasteiger partial charge in [-0.2, -0.15) is 0 Å². The van der Waals surface area contributed by atoms with Gasteiger partial charge in [0.15, 0.2) is 0 Å². The molecule has 0 unspecified atom stereocenters. The molecular weight excluding hydrogens is 138 g/mol. The number of nitrogens with zero attached hydrogens (tertiary/aromatic N) is 1. The van der Waals surface area contributed by atoms with Crippen LogP contribution < -0.4 is 0 Å². The van der Waals surface area contributed by atoms with E-state index in [-0.39, 0.29) is 0 Å². The van der Waals surface area contributed by atoms with E-state index < -0.39 is 0 Å². The number of oxime groups is 1. The van der Waals surface area contributed by atoms with Crippen LogP contribution in [0.3, 0.4) is 0 Å². The van der Waals surface area contributed by atoms with Crippen LogP contribution in [0.1, 0.15) is 46.5 Å². The third-order valence-electron chi connectivity index (χ3n) is 2.02. The Morgan fingerprint density at radius 3 is 2.00 bits per heavy atom. The van der Waals surface area contributed by atoms with Gasteiger partial charge >= 0.3 is 0 Å². The van der Waals surface area contributed by atoms with Crippen LogP contribution in [0, 0.1) is 5.92 Å². The Kier molecular flexibility index (Phi) is 5.90. The zero-order valence-corrected chi connectivity index (χ0v) is 7.80. The van der Waals surface area contributed by atoms with Crippen molar-refractivity contribution in [3.63, 3.8) is 0 Å². The lowest BCUT2D eigenvalue weighted by atomic mass is 9.94. The van der Waals surface area contributed by atoms with Gasteiger partial charge in [-0.3, -0.25) is 0 Å². The van der Waals surface area contributed by atoms with Crippen molar-refractivity contribution < 1.29 is 5.21 Å². The molecule has 1 N–H and O–H groups in total. The van der Waals surface area contributed by atoms with Crippen LogP contribution in [0.25, 0.3) is 0 Å². The Balaban J connectivity index is 3.87. The number of hydrogen-bond acceptors (Lipinski definition) is 2. The van der Waals surface area contributed by atoms with E-state index in [1.807, 2.05) is 6.92 Å². The van der Waals surface area contributed by atoms with Crippen molar-refractivity contribution in [2.75, 3.05) is 0 Å². The van der Waals surface area contributed by atoms with Crippen molar-refractivity contribution in [1.82, 2.24) is 0 Å². The smallest absolute Gasteiger partial charge is 0.0570 e. The molecule has 0 atom stereocenters. The van der Waals surface area contributed by atoms with Gasteiger partial charge in [-0.25, -0.2) is 0 Å². The van der Waals surface area contributed by atoms with Crippen LogP contribution in [-0.2, 0) is 0 Å². The maximum Gasteiger partial charge on any atom is 0.0570 e. The second-order valence-corrected chi connectivity index (χ2v) is 3.02. The summed E-state index contributed by atoms with van der Waals surface area (Å²) in [5, 5.41) is 11.8. The summed E-state index contributed by atoms with van der Waals surface area (Å²) >= 11 is 0. The Labute approximate surface area is 69.3 Å². The SMILES string of the molecule is CCCC(CCC)/C(C)=N\O. The van der Waals surface area contributed by atoms with E-state index in [0.717, 1.165) is 31.4 Å². The minimum absolute atomic E-state index is 0.495. The minimum Gasteiger partial charge on any atom is -0.411 e. The summed E-state index contributed by atoms with van der Waals surface area (Å²) < 4.78 is 0. The quantitative estimate of drug-likeness (QED) is 0.371. The number of rotatable bonds is 5. The van der Waals surface area contributed by atoms with Gasteiger partial charge in [-0.05, 0) is 19.8 Å². The molecule has 0 aromatic rings. The van der Waals surface area contributed by atoms with Crippen molar-refractivity contribution in [3.8, 4) is 0 Å². The molecule has 0 aliphatic heterocycles. The molecule has 0 aliphatic carbocycles. The van der Waals surface area contributed by atoms with E-state index in [1.165, 1.54) is 0 Å². The van der Waals surface area contributed by atoms with E-state index in [1.54, 1.807) is 0 Å². The van der Waals surface area contributed by atoms with E-state index >= 15 is 0 Å². The molecule has 2 nitrogen and oxygen atoms in total. The van der Waals surface area contributed by atoms with Gasteiger partial charge in [0.05, 0.1) is 5.71 Å². The zero-order valence-electron chi connectivity index (χ0n) is 7.80. The summed E-state index contributed by atoms with van der Waals surface area (Å²) in [5.41, 5.74) is 0.883. The standard InChI is InChI=1S/C9H19NO/c1-4-6-9(7-5-2)8(3)10-11/h9,11H,4-7H2,1-3H3/b10-8-. The van der Waals surface area contributed by atoms with Crippen LogP contribution in [0.5, 0.6) is 0 Å². The first-order valence-corrected chi connectivity index (χ1v) is 4.44. The van der Waals surface area contributed by atoms with Crippen molar-refractivity contribution in [2.24, 2.45) is 11.1 Å². The Hall–Kier alpha value is -0.530. The molecule has 2 heteroatoms. The van der Waals surface area contributed by atoms with Gasteiger partial charge in [0.1, 0.15) is 0 Å². The second kappa shape index (κ2) is 6.20. The van der Waals surface area contributed by atoms with Gasteiger partial charge < -0.3 is 5.21 Å². The van der Waals surface area contributed by atoms with Crippen LogP contribution >= 0.6 is 0 Å². The average molecular weight is 157 g/mol. The molecular formula is C9H19NO. The Bertz CT molecular complexity index is 115. The summed E-state index contributed by atoms with van der Waals surface area (Å²) in [5.74, 6) is 0.495. The first-order chi connectivity index (χ1) is 5.26. The molecule has 0 bridgehead atoms. The van der Waals surface area contributed by atoms with E-state index in [4.69, 9.17) is 5.21 Å². The van der Waals surface area contributed by atoms with Gasteiger partial charge in [0, 0.05) is 5.92 Å². The Morgan fingerprint density at radius 2 is 1.73 bits per heavy atom. The summed E-state index contributed by atoms with van der Waals surface area (Å²) in [7, 11) is 0. The summed E-state index contributed by atoms with van der Waals surface area (Å²) in [6.45, 7) is 6.22. The predicted molar refractivity (Wildman–Crippen MR) is 48.2 cm³/mol. The summed E-state index contributed by atoms with van der Waals surface area (Å²) in [6, 6.07) is 0. The van der Waals surface area contributed by atoms with E-state index in [9.17, 15) is 0 Å². The summed E-state index contributed by atoms with van der Waals surface area (Å²) in [6.07, 6.45) is 4.61. The maximum atomic E-state index is 8.55. The van der Waals surface area contributed by atoms with Crippen molar-refractivity contribution >= 4 is 5.71 Å². The number of hydrogen-bond donors (Lipinski definition) is 1. The largest absolute Gasteiger partial charge is 0.411 e. The highest BCUT2D eigenvalue weighted by Gasteiger charge is 2.09. The van der Waals surface area contributed by atoms with Gasteiger partial charge in [-0.1, -0.05) is 31.8 Å². The predicted octanol–water partition coefficient (Wildman–Crippen LogP) is 3.05. The highest BCUT2D eigenvalue weighted by atomic mass is 16.4. The van der Waals surface area contributed by atoms with Gasteiger partial charge in [-0.15, -0.1) is 0 Å². The molecule has 0 aromatic carbocycles. The third kappa shape index (κ3) is 4.02. The lowest BCUT2D eigenvalue weighted by Gasteiger charge is -2.12.